The smallest absolute Gasteiger partial charge is 0.276 e. The summed E-state index contributed by atoms with van der Waals surface area (Å²) in [6.45, 7) is 7.40. The quantitative estimate of drug-likeness (QED) is 0.393. The van der Waals surface area contributed by atoms with Crippen LogP contribution in [0.3, 0.4) is 0 Å². The Hall–Kier alpha value is -3.58. The highest BCUT2D eigenvalue weighted by Crippen LogP contribution is 2.30. The van der Waals surface area contributed by atoms with Crippen LogP contribution in [-0.2, 0) is 11.3 Å². The second-order valence-electron chi connectivity index (χ2n) is 8.20. The molecule has 0 N–H and O–H groups in total. The molecule has 1 fully saturated rings. The van der Waals surface area contributed by atoms with E-state index in [1.807, 2.05) is 48.5 Å². The Balaban J connectivity index is 1.59. The van der Waals surface area contributed by atoms with E-state index < -0.39 is 0 Å². The molecule has 1 saturated heterocycles. The van der Waals surface area contributed by atoms with Crippen LogP contribution in [0.5, 0.6) is 11.5 Å². The van der Waals surface area contributed by atoms with Crippen molar-refractivity contribution in [1.82, 2.24) is 9.88 Å². The zero-order valence-corrected chi connectivity index (χ0v) is 19.7. The number of methoxy groups -OCH3 is 1. The topological polar surface area (TPSA) is 74.0 Å². The van der Waals surface area contributed by atoms with Gasteiger partial charge in [0.2, 0.25) is 5.89 Å². The number of hydrogen-bond donors (Lipinski definition) is 0. The summed E-state index contributed by atoms with van der Waals surface area (Å²) in [4.78, 5) is 20.0. The maximum atomic E-state index is 13.6. The molecule has 2 heterocycles. The third-order valence-electron chi connectivity index (χ3n) is 5.71. The van der Waals surface area contributed by atoms with E-state index in [4.69, 9.17) is 18.6 Å². The van der Waals surface area contributed by atoms with Crippen LogP contribution in [0.1, 0.15) is 34.7 Å². The Morgan fingerprint density at radius 2 is 2.06 bits per heavy atom. The third-order valence-corrected chi connectivity index (χ3v) is 5.71. The molecule has 2 aromatic carbocycles. The minimum Gasteiger partial charge on any atom is -0.493 e. The molecular formula is C27H30N2O5. The summed E-state index contributed by atoms with van der Waals surface area (Å²) in [5.41, 5.74) is 2.06. The molecular weight excluding hydrogens is 432 g/mol. The SMILES string of the molecule is C=CCOc1ccc(CN(CC2CCCO2)C(=O)c2nc(-c3ccccc3)oc2C)cc1OC. The molecule has 0 spiro atoms. The number of oxazole rings is 1. The fraction of sp³-hybridized carbons (Fsp3) is 0.333. The van der Waals surface area contributed by atoms with Gasteiger partial charge < -0.3 is 23.5 Å². The van der Waals surface area contributed by atoms with Gasteiger partial charge in [-0.3, -0.25) is 4.79 Å². The summed E-state index contributed by atoms with van der Waals surface area (Å²) < 4.78 is 22.8. The number of amides is 1. The summed E-state index contributed by atoms with van der Waals surface area (Å²) >= 11 is 0. The first-order valence-corrected chi connectivity index (χ1v) is 11.4. The Morgan fingerprint density at radius 1 is 1.24 bits per heavy atom. The minimum absolute atomic E-state index is 0.00171. The number of aromatic nitrogens is 1. The Bertz CT molecular complexity index is 1120. The van der Waals surface area contributed by atoms with Gasteiger partial charge in [-0.2, -0.15) is 0 Å². The number of hydrogen-bond acceptors (Lipinski definition) is 6. The second kappa shape index (κ2) is 11.0. The van der Waals surface area contributed by atoms with Crippen molar-refractivity contribution < 1.29 is 23.4 Å². The van der Waals surface area contributed by atoms with Crippen LogP contribution < -0.4 is 9.47 Å². The van der Waals surface area contributed by atoms with Crippen molar-refractivity contribution in [3.05, 3.63) is 78.2 Å². The molecule has 7 nitrogen and oxygen atoms in total. The zero-order chi connectivity index (χ0) is 23.9. The van der Waals surface area contributed by atoms with Crippen molar-refractivity contribution in [2.75, 3.05) is 26.9 Å². The van der Waals surface area contributed by atoms with Crippen LogP contribution in [0.15, 0.2) is 65.6 Å². The first-order valence-electron chi connectivity index (χ1n) is 11.4. The highest BCUT2D eigenvalue weighted by atomic mass is 16.5. The van der Waals surface area contributed by atoms with Gasteiger partial charge in [-0.15, -0.1) is 0 Å². The van der Waals surface area contributed by atoms with Gasteiger partial charge in [0.05, 0.1) is 13.2 Å². The van der Waals surface area contributed by atoms with E-state index >= 15 is 0 Å². The lowest BCUT2D eigenvalue weighted by Gasteiger charge is -2.25. The summed E-state index contributed by atoms with van der Waals surface area (Å²) in [5, 5.41) is 0. The largest absolute Gasteiger partial charge is 0.493 e. The molecule has 1 aliphatic heterocycles. The zero-order valence-electron chi connectivity index (χ0n) is 19.7. The summed E-state index contributed by atoms with van der Waals surface area (Å²) in [5.74, 6) is 1.97. The lowest BCUT2D eigenvalue weighted by molar-refractivity contribution is 0.0502. The van der Waals surface area contributed by atoms with Crippen LogP contribution in [0.25, 0.3) is 11.5 Å². The van der Waals surface area contributed by atoms with Gasteiger partial charge in [-0.1, -0.05) is 36.9 Å². The molecule has 1 aromatic heterocycles. The molecule has 0 bridgehead atoms. The molecule has 4 rings (SSSR count). The molecule has 34 heavy (non-hydrogen) atoms. The van der Waals surface area contributed by atoms with Crippen LogP contribution >= 0.6 is 0 Å². The number of carbonyl (C=O) groups excluding carboxylic acids is 1. The highest BCUT2D eigenvalue weighted by Gasteiger charge is 2.28. The Morgan fingerprint density at radius 3 is 2.76 bits per heavy atom. The number of benzene rings is 2. The Kier molecular flexibility index (Phi) is 7.65. The fourth-order valence-electron chi connectivity index (χ4n) is 4.00. The average Bonchev–Trinajstić information content (AvgIpc) is 3.52. The number of rotatable bonds is 10. The molecule has 1 unspecified atom stereocenters. The standard InChI is InChI=1S/C27H30N2O5/c1-4-14-33-23-13-12-20(16-24(23)31-3)17-29(18-22-11-8-15-32-22)27(30)25-19(2)34-26(28-25)21-9-6-5-7-10-21/h4-7,9-10,12-13,16,22H,1,8,11,14-15,17-18H2,2-3H3. The van der Waals surface area contributed by atoms with Crippen molar-refractivity contribution in [2.24, 2.45) is 0 Å². The van der Waals surface area contributed by atoms with Crippen molar-refractivity contribution in [2.45, 2.75) is 32.4 Å². The van der Waals surface area contributed by atoms with Crippen LogP contribution in [0, 0.1) is 6.92 Å². The molecule has 1 atom stereocenters. The maximum absolute atomic E-state index is 13.6. The van der Waals surface area contributed by atoms with E-state index in [0.717, 1.165) is 30.6 Å². The third kappa shape index (κ3) is 5.48. The fourth-order valence-corrected chi connectivity index (χ4v) is 4.00. The van der Waals surface area contributed by atoms with E-state index in [9.17, 15) is 4.79 Å². The molecule has 178 valence electrons. The van der Waals surface area contributed by atoms with Gasteiger partial charge in [0, 0.05) is 25.3 Å². The van der Waals surface area contributed by atoms with Crippen molar-refractivity contribution in [3.8, 4) is 23.0 Å². The Labute approximate surface area is 200 Å². The lowest BCUT2D eigenvalue weighted by atomic mass is 10.1. The second-order valence-corrected chi connectivity index (χ2v) is 8.20. The summed E-state index contributed by atoms with van der Waals surface area (Å²) in [6.07, 6.45) is 3.60. The predicted molar refractivity (Wildman–Crippen MR) is 129 cm³/mol. The molecule has 0 radical (unpaired) electrons. The van der Waals surface area contributed by atoms with Gasteiger partial charge in [0.15, 0.2) is 17.2 Å². The van der Waals surface area contributed by atoms with Crippen LogP contribution in [-0.4, -0.2) is 48.8 Å². The van der Waals surface area contributed by atoms with Gasteiger partial charge in [0.1, 0.15) is 12.4 Å². The molecule has 3 aromatic rings. The number of nitrogens with zero attached hydrogens (tertiary/aromatic N) is 2. The minimum atomic E-state index is -0.190. The first-order chi connectivity index (χ1) is 16.6. The van der Waals surface area contributed by atoms with Crippen LogP contribution in [0.4, 0.5) is 0 Å². The van der Waals surface area contributed by atoms with E-state index in [-0.39, 0.29) is 12.0 Å². The molecule has 0 saturated carbocycles. The van der Waals surface area contributed by atoms with E-state index in [0.29, 0.717) is 48.5 Å². The average molecular weight is 463 g/mol. The van der Waals surface area contributed by atoms with Crippen LogP contribution in [0.2, 0.25) is 0 Å². The van der Waals surface area contributed by atoms with Crippen molar-refractivity contribution in [1.29, 1.82) is 0 Å². The highest BCUT2D eigenvalue weighted by molar-refractivity contribution is 5.93. The van der Waals surface area contributed by atoms with Gasteiger partial charge in [0.25, 0.3) is 5.91 Å². The van der Waals surface area contributed by atoms with Gasteiger partial charge >= 0.3 is 0 Å². The number of aryl methyl sites for hydroxylation is 1. The lowest BCUT2D eigenvalue weighted by Crippen LogP contribution is -2.37. The van der Waals surface area contributed by atoms with Gasteiger partial charge in [-0.05, 0) is 49.6 Å². The van der Waals surface area contributed by atoms with Gasteiger partial charge in [-0.25, -0.2) is 4.98 Å². The normalized spacial score (nSPS) is 15.2. The van der Waals surface area contributed by atoms with Crippen molar-refractivity contribution in [3.63, 3.8) is 0 Å². The van der Waals surface area contributed by atoms with Crippen molar-refractivity contribution >= 4 is 5.91 Å². The first kappa shape index (κ1) is 23.6. The van der Waals surface area contributed by atoms with E-state index in [1.54, 1.807) is 25.0 Å². The summed E-state index contributed by atoms with van der Waals surface area (Å²) in [6, 6.07) is 15.2. The monoisotopic (exact) mass is 462 g/mol. The molecule has 7 heteroatoms. The summed E-state index contributed by atoms with van der Waals surface area (Å²) in [7, 11) is 1.60. The number of carbonyl (C=O) groups is 1. The maximum Gasteiger partial charge on any atom is 0.276 e. The molecule has 1 amide bonds. The predicted octanol–water partition coefficient (Wildman–Crippen LogP) is 5.04. The number of ether oxygens (including phenoxy) is 3. The molecule has 1 aliphatic rings. The van der Waals surface area contributed by atoms with E-state index in [1.165, 1.54) is 0 Å². The van der Waals surface area contributed by atoms with E-state index in [2.05, 4.69) is 11.6 Å². The molecule has 0 aliphatic carbocycles.